The second-order valence-corrected chi connectivity index (χ2v) is 5.49. The van der Waals surface area contributed by atoms with Gasteiger partial charge in [-0.25, -0.2) is 0 Å². The average molecular weight is 312 g/mol. The van der Waals surface area contributed by atoms with Gasteiger partial charge < -0.3 is 9.47 Å². The zero-order chi connectivity index (χ0) is 16.5. The van der Waals surface area contributed by atoms with Gasteiger partial charge >= 0.3 is 11.9 Å². The molecule has 1 fully saturated rings. The molecule has 0 bridgehead atoms. The number of hydrogen-bond acceptors (Lipinski definition) is 6. The molecule has 1 aliphatic carbocycles. The molecular weight excluding hydrogens is 288 g/mol. The first-order valence-electron chi connectivity index (χ1n) is 7.89. The number of esters is 2. The predicted octanol–water partition coefficient (Wildman–Crippen LogP) is 1.84. The van der Waals surface area contributed by atoms with Crippen molar-refractivity contribution in [3.05, 3.63) is 0 Å². The van der Waals surface area contributed by atoms with Crippen LogP contribution in [0.15, 0.2) is 0 Å². The highest BCUT2D eigenvalue weighted by Gasteiger charge is 2.43. The fourth-order valence-corrected chi connectivity index (χ4v) is 2.18. The van der Waals surface area contributed by atoms with E-state index in [-0.39, 0.29) is 26.1 Å². The van der Waals surface area contributed by atoms with Crippen LogP contribution in [0.3, 0.4) is 0 Å². The second kappa shape index (κ2) is 9.33. The van der Waals surface area contributed by atoms with Crippen LogP contribution in [0.4, 0.5) is 0 Å². The highest BCUT2D eigenvalue weighted by Crippen LogP contribution is 2.25. The Hall–Kier alpha value is -1.72. The lowest BCUT2D eigenvalue weighted by Crippen LogP contribution is -2.41. The van der Waals surface area contributed by atoms with Crippen molar-refractivity contribution in [2.45, 2.75) is 52.4 Å². The second-order valence-electron chi connectivity index (χ2n) is 5.49. The third-order valence-corrected chi connectivity index (χ3v) is 3.64. The minimum Gasteiger partial charge on any atom is -0.465 e. The fraction of sp³-hybridized carbons (Fsp3) is 0.750. The number of rotatable bonds is 8. The number of ether oxygens (including phenoxy) is 2. The lowest BCUT2D eigenvalue weighted by molar-refractivity contribution is -0.162. The number of unbranched alkanes of at least 4 members (excludes halogenated alkanes) is 2. The molecule has 22 heavy (non-hydrogen) atoms. The Morgan fingerprint density at radius 2 is 1.23 bits per heavy atom. The van der Waals surface area contributed by atoms with E-state index in [1.165, 1.54) is 0 Å². The van der Waals surface area contributed by atoms with Crippen LogP contribution in [0.5, 0.6) is 0 Å². The van der Waals surface area contributed by atoms with Gasteiger partial charge in [0.05, 0.1) is 13.2 Å². The molecule has 2 atom stereocenters. The molecule has 0 aromatic heterocycles. The third-order valence-electron chi connectivity index (χ3n) is 3.64. The molecule has 6 nitrogen and oxygen atoms in total. The van der Waals surface area contributed by atoms with Gasteiger partial charge in [-0.05, 0) is 12.8 Å². The van der Waals surface area contributed by atoms with E-state index in [9.17, 15) is 19.2 Å². The molecule has 1 rings (SSSR count). The Morgan fingerprint density at radius 1 is 0.864 bits per heavy atom. The summed E-state index contributed by atoms with van der Waals surface area (Å²) < 4.78 is 9.98. The van der Waals surface area contributed by atoms with Crippen LogP contribution in [-0.4, -0.2) is 36.7 Å². The summed E-state index contributed by atoms with van der Waals surface area (Å²) in [5.74, 6) is -4.29. The van der Waals surface area contributed by atoms with Gasteiger partial charge in [0.25, 0.3) is 0 Å². The molecular formula is C16H24O6. The highest BCUT2D eigenvalue weighted by atomic mass is 16.5. The van der Waals surface area contributed by atoms with Crippen LogP contribution >= 0.6 is 0 Å². The van der Waals surface area contributed by atoms with Crippen LogP contribution in [0.25, 0.3) is 0 Å². The summed E-state index contributed by atoms with van der Waals surface area (Å²) in [5, 5.41) is 0. The Morgan fingerprint density at radius 3 is 1.55 bits per heavy atom. The van der Waals surface area contributed by atoms with Gasteiger partial charge in [0, 0.05) is 12.8 Å². The van der Waals surface area contributed by atoms with Crippen molar-refractivity contribution < 1.29 is 28.7 Å². The number of ketones is 2. The topological polar surface area (TPSA) is 86.7 Å². The van der Waals surface area contributed by atoms with E-state index in [0.717, 1.165) is 12.8 Å². The summed E-state index contributed by atoms with van der Waals surface area (Å²) in [7, 11) is 0. The van der Waals surface area contributed by atoms with E-state index in [4.69, 9.17) is 9.47 Å². The van der Waals surface area contributed by atoms with Crippen molar-refractivity contribution in [2.24, 2.45) is 11.8 Å². The summed E-state index contributed by atoms with van der Waals surface area (Å²) >= 11 is 0. The number of carbonyl (C=O) groups is 4. The smallest absolute Gasteiger partial charge is 0.316 e. The van der Waals surface area contributed by atoms with Crippen molar-refractivity contribution in [3.63, 3.8) is 0 Å². The van der Waals surface area contributed by atoms with Crippen molar-refractivity contribution in [1.29, 1.82) is 0 Å². The van der Waals surface area contributed by atoms with E-state index < -0.39 is 35.3 Å². The first kappa shape index (κ1) is 18.3. The first-order chi connectivity index (χ1) is 10.5. The van der Waals surface area contributed by atoms with E-state index in [2.05, 4.69) is 0 Å². The van der Waals surface area contributed by atoms with E-state index in [1.54, 1.807) is 0 Å². The standard InChI is InChI=1S/C16H24O6/c1-3-5-7-21-15(19)11-9-14(18)12(10-13(11)17)16(20)22-8-6-4-2/h11-12H,3-10H2,1-2H3. The van der Waals surface area contributed by atoms with Crippen LogP contribution in [0.2, 0.25) is 0 Å². The lowest BCUT2D eigenvalue weighted by Gasteiger charge is -2.24. The first-order valence-corrected chi connectivity index (χ1v) is 7.89. The van der Waals surface area contributed by atoms with Crippen molar-refractivity contribution >= 4 is 23.5 Å². The molecule has 1 aliphatic rings. The number of carbonyl (C=O) groups excluding carboxylic acids is 4. The zero-order valence-corrected chi connectivity index (χ0v) is 13.3. The number of hydrogen-bond donors (Lipinski definition) is 0. The molecule has 0 heterocycles. The summed E-state index contributed by atoms with van der Waals surface area (Å²) in [6.07, 6.45) is 2.64. The minimum absolute atomic E-state index is 0.246. The average Bonchev–Trinajstić information content (AvgIpc) is 2.49. The molecule has 2 unspecified atom stereocenters. The third kappa shape index (κ3) is 5.24. The zero-order valence-electron chi connectivity index (χ0n) is 13.3. The van der Waals surface area contributed by atoms with Crippen molar-refractivity contribution in [1.82, 2.24) is 0 Å². The molecule has 0 N–H and O–H groups in total. The molecule has 1 saturated carbocycles. The van der Waals surface area contributed by atoms with Gasteiger partial charge in [-0.3, -0.25) is 19.2 Å². The minimum atomic E-state index is -1.07. The summed E-state index contributed by atoms with van der Waals surface area (Å²) in [4.78, 5) is 47.6. The maximum atomic E-state index is 12.0. The SMILES string of the molecule is CCCCOC(=O)C1CC(=O)C(C(=O)OCCCC)CC1=O. The van der Waals surface area contributed by atoms with Crippen LogP contribution in [0, 0.1) is 11.8 Å². The van der Waals surface area contributed by atoms with Crippen molar-refractivity contribution in [2.75, 3.05) is 13.2 Å². The summed E-state index contributed by atoms with van der Waals surface area (Å²) in [5.41, 5.74) is 0. The molecule has 0 aromatic carbocycles. The largest absolute Gasteiger partial charge is 0.465 e. The van der Waals surface area contributed by atoms with Gasteiger partial charge in [-0.1, -0.05) is 26.7 Å². The molecule has 0 aliphatic heterocycles. The molecule has 124 valence electrons. The Labute approximate surface area is 130 Å². The fourth-order valence-electron chi connectivity index (χ4n) is 2.18. The van der Waals surface area contributed by atoms with Crippen molar-refractivity contribution in [3.8, 4) is 0 Å². The van der Waals surface area contributed by atoms with E-state index in [1.807, 2.05) is 13.8 Å². The Balaban J connectivity index is 2.53. The Bertz CT molecular complexity index is 388. The van der Waals surface area contributed by atoms with Gasteiger partial charge in [-0.15, -0.1) is 0 Å². The maximum absolute atomic E-state index is 12.0. The maximum Gasteiger partial charge on any atom is 0.316 e. The molecule has 0 amide bonds. The summed E-state index contributed by atoms with van der Waals surface area (Å²) in [6, 6.07) is 0. The molecule has 0 radical (unpaired) electrons. The summed E-state index contributed by atoms with van der Waals surface area (Å²) in [6.45, 7) is 4.40. The van der Waals surface area contributed by atoms with Crippen LogP contribution < -0.4 is 0 Å². The van der Waals surface area contributed by atoms with Gasteiger partial charge in [0.2, 0.25) is 0 Å². The molecule has 0 spiro atoms. The Kier molecular flexibility index (Phi) is 7.77. The highest BCUT2D eigenvalue weighted by molar-refractivity contribution is 6.12. The van der Waals surface area contributed by atoms with Crippen LogP contribution in [-0.2, 0) is 28.7 Å². The predicted molar refractivity (Wildman–Crippen MR) is 78.0 cm³/mol. The van der Waals surface area contributed by atoms with Crippen LogP contribution in [0.1, 0.15) is 52.4 Å². The molecule has 0 aromatic rings. The van der Waals surface area contributed by atoms with E-state index in [0.29, 0.717) is 12.8 Å². The molecule has 6 heteroatoms. The lowest BCUT2D eigenvalue weighted by atomic mass is 9.80. The number of Topliss-reactive ketones (excluding diaryl/α,β-unsaturated/α-hetero) is 2. The van der Waals surface area contributed by atoms with Gasteiger partial charge in [-0.2, -0.15) is 0 Å². The van der Waals surface area contributed by atoms with E-state index >= 15 is 0 Å². The normalized spacial score (nSPS) is 21.5. The molecule has 0 saturated heterocycles. The monoisotopic (exact) mass is 312 g/mol. The van der Waals surface area contributed by atoms with Gasteiger partial charge in [0.1, 0.15) is 23.4 Å². The quantitative estimate of drug-likeness (QED) is 0.386. The van der Waals surface area contributed by atoms with Gasteiger partial charge in [0.15, 0.2) is 0 Å².